The molecule has 0 radical (unpaired) electrons. The molecule has 1 atom stereocenters. The molecule has 1 aliphatic rings. The molecule has 2 amide bonds. The molecule has 1 heterocycles. The molecule has 0 unspecified atom stereocenters. The van der Waals surface area contributed by atoms with Crippen molar-refractivity contribution in [3.05, 3.63) is 70.9 Å². The van der Waals surface area contributed by atoms with Crippen LogP contribution in [0, 0.1) is 0 Å². The summed E-state index contributed by atoms with van der Waals surface area (Å²) in [5, 5.41) is 9.42. The fourth-order valence-corrected chi connectivity index (χ4v) is 3.71. The number of thiocarbonyl (C=S) groups is 1. The first kappa shape index (κ1) is 22.3. The zero-order valence-corrected chi connectivity index (χ0v) is 18.8. The van der Waals surface area contributed by atoms with E-state index in [1.807, 2.05) is 50.2 Å². The topological polar surface area (TPSA) is 82.7 Å². The minimum absolute atomic E-state index is 0.321. The Hall–Kier alpha value is -3.39. The van der Waals surface area contributed by atoms with Crippen LogP contribution < -0.4 is 16.0 Å². The van der Waals surface area contributed by atoms with Gasteiger partial charge in [-0.1, -0.05) is 37.3 Å². The first-order valence-corrected chi connectivity index (χ1v) is 10.4. The Morgan fingerprint density at radius 1 is 1.13 bits per heavy atom. The van der Waals surface area contributed by atoms with Crippen molar-refractivity contribution in [3.63, 3.8) is 0 Å². The summed E-state index contributed by atoms with van der Waals surface area (Å²) in [6.45, 7) is 3.87. The van der Waals surface area contributed by atoms with Crippen molar-refractivity contribution in [1.29, 1.82) is 0 Å². The number of hydrogen-bond acceptors (Lipinski definition) is 4. The molecule has 162 valence electrons. The quantitative estimate of drug-likeness (QED) is 0.479. The Morgan fingerprint density at radius 3 is 2.45 bits per heavy atom. The number of aryl methyl sites for hydroxylation is 1. The average Bonchev–Trinajstić information content (AvgIpc) is 2.77. The monoisotopic (exact) mass is 438 g/mol. The van der Waals surface area contributed by atoms with Gasteiger partial charge in [0.1, 0.15) is 0 Å². The number of urea groups is 1. The largest absolute Gasteiger partial charge is 0.466 e. The summed E-state index contributed by atoms with van der Waals surface area (Å²) in [6, 6.07) is 14.2. The van der Waals surface area contributed by atoms with Crippen molar-refractivity contribution < 1.29 is 14.3 Å². The van der Waals surface area contributed by atoms with E-state index in [1.54, 1.807) is 24.1 Å². The number of para-hydroxylation sites is 1. The molecule has 3 rings (SSSR count). The fourth-order valence-electron chi connectivity index (χ4n) is 3.45. The van der Waals surface area contributed by atoms with Gasteiger partial charge in [-0.3, -0.25) is 0 Å². The van der Waals surface area contributed by atoms with Crippen LogP contribution in [0.2, 0.25) is 0 Å². The molecule has 3 N–H and O–H groups in total. The normalized spacial score (nSPS) is 15.9. The number of hydrogen-bond donors (Lipinski definition) is 3. The lowest BCUT2D eigenvalue weighted by atomic mass is 9.95. The van der Waals surface area contributed by atoms with Gasteiger partial charge in [-0.2, -0.15) is 0 Å². The Kier molecular flexibility index (Phi) is 6.91. The number of amides is 2. The van der Waals surface area contributed by atoms with Gasteiger partial charge >= 0.3 is 12.0 Å². The van der Waals surface area contributed by atoms with Crippen LogP contribution >= 0.6 is 12.2 Å². The predicted octanol–water partition coefficient (Wildman–Crippen LogP) is 4.20. The molecule has 0 fully saturated rings. The zero-order chi connectivity index (χ0) is 22.5. The number of benzene rings is 2. The molecule has 0 spiro atoms. The number of esters is 1. The average molecular weight is 439 g/mol. The maximum Gasteiger partial charge on any atom is 0.337 e. The molecule has 2 aromatic carbocycles. The van der Waals surface area contributed by atoms with Crippen LogP contribution in [0.15, 0.2) is 59.8 Å². The Labute approximate surface area is 187 Å². The third-order valence-electron chi connectivity index (χ3n) is 5.31. The maximum absolute atomic E-state index is 12.4. The summed E-state index contributed by atoms with van der Waals surface area (Å²) in [6.07, 6.45) is 0.825. The number of nitrogens with zero attached hydrogens (tertiary/aromatic N) is 1. The smallest absolute Gasteiger partial charge is 0.337 e. The summed E-state index contributed by atoms with van der Waals surface area (Å²) in [5.41, 5.74) is 4.54. The van der Waals surface area contributed by atoms with Crippen LogP contribution in [0.25, 0.3) is 0 Å². The first-order valence-electron chi connectivity index (χ1n) is 9.94. The van der Waals surface area contributed by atoms with Crippen molar-refractivity contribution >= 4 is 40.7 Å². The van der Waals surface area contributed by atoms with E-state index < -0.39 is 12.0 Å². The van der Waals surface area contributed by atoms with Crippen LogP contribution in [-0.4, -0.2) is 36.2 Å². The van der Waals surface area contributed by atoms with E-state index >= 15 is 0 Å². The van der Waals surface area contributed by atoms with Crippen LogP contribution in [0.3, 0.4) is 0 Å². The van der Waals surface area contributed by atoms with Crippen molar-refractivity contribution in [2.75, 3.05) is 24.8 Å². The molecule has 7 nitrogen and oxygen atoms in total. The van der Waals surface area contributed by atoms with E-state index in [0.717, 1.165) is 28.9 Å². The molecular formula is C23H26N4O3S. The van der Waals surface area contributed by atoms with Gasteiger partial charge in [-0.05, 0) is 54.9 Å². The van der Waals surface area contributed by atoms with Crippen LogP contribution in [0.1, 0.15) is 31.0 Å². The summed E-state index contributed by atoms with van der Waals surface area (Å²) in [4.78, 5) is 26.6. The summed E-state index contributed by atoms with van der Waals surface area (Å²) >= 11 is 5.39. The molecule has 2 aromatic rings. The van der Waals surface area contributed by atoms with Gasteiger partial charge in [-0.15, -0.1) is 0 Å². The second kappa shape index (κ2) is 9.61. The summed E-state index contributed by atoms with van der Waals surface area (Å²) in [7, 11) is 3.15. The first-order chi connectivity index (χ1) is 14.8. The minimum Gasteiger partial charge on any atom is -0.466 e. The lowest BCUT2D eigenvalue weighted by molar-refractivity contribution is -0.136. The van der Waals surface area contributed by atoms with E-state index in [4.69, 9.17) is 17.0 Å². The van der Waals surface area contributed by atoms with E-state index in [-0.39, 0.29) is 6.03 Å². The summed E-state index contributed by atoms with van der Waals surface area (Å²) < 4.78 is 4.98. The zero-order valence-electron chi connectivity index (χ0n) is 18.0. The van der Waals surface area contributed by atoms with Crippen molar-refractivity contribution in [2.24, 2.45) is 0 Å². The second-order valence-electron chi connectivity index (χ2n) is 7.14. The van der Waals surface area contributed by atoms with Gasteiger partial charge in [0.25, 0.3) is 0 Å². The highest BCUT2D eigenvalue weighted by molar-refractivity contribution is 7.80. The molecule has 0 bridgehead atoms. The summed E-state index contributed by atoms with van der Waals surface area (Å²) in [5.74, 6) is -0.416. The number of methoxy groups -OCH3 is 1. The number of ether oxygens (including phenoxy) is 1. The highest BCUT2D eigenvalue weighted by atomic mass is 32.1. The Morgan fingerprint density at radius 2 is 1.81 bits per heavy atom. The van der Waals surface area contributed by atoms with Crippen LogP contribution in [0.5, 0.6) is 0 Å². The van der Waals surface area contributed by atoms with E-state index in [9.17, 15) is 9.59 Å². The third-order valence-corrected chi connectivity index (χ3v) is 5.70. The standard InChI is InChI=1S/C23H26N4O3S/c1-5-15-8-6-7-9-18(15)25-22(29)24-17-12-10-16(11-13-17)20-19(21(28)30-4)14(2)27(3)23(31)26-20/h6-13,20H,5H2,1-4H3,(H,26,31)(H2,24,25,29)/t20-/m1/s1. The van der Waals surface area contributed by atoms with Crippen molar-refractivity contribution in [3.8, 4) is 0 Å². The number of rotatable bonds is 5. The van der Waals surface area contributed by atoms with Gasteiger partial charge in [-0.25, -0.2) is 9.59 Å². The van der Waals surface area contributed by atoms with E-state index in [1.165, 1.54) is 7.11 Å². The Balaban J connectivity index is 1.77. The van der Waals surface area contributed by atoms with Crippen LogP contribution in [0.4, 0.5) is 16.2 Å². The number of carbonyl (C=O) groups is 2. The van der Waals surface area contributed by atoms with Gasteiger partial charge in [0.2, 0.25) is 0 Å². The fraction of sp³-hybridized carbons (Fsp3) is 0.261. The highest BCUT2D eigenvalue weighted by Gasteiger charge is 2.33. The maximum atomic E-state index is 12.4. The minimum atomic E-state index is -0.435. The molecular weight excluding hydrogens is 412 g/mol. The molecule has 8 heteroatoms. The molecule has 0 aromatic heterocycles. The van der Waals surface area contributed by atoms with E-state index in [2.05, 4.69) is 16.0 Å². The van der Waals surface area contributed by atoms with Crippen molar-refractivity contribution in [2.45, 2.75) is 26.3 Å². The van der Waals surface area contributed by atoms with Gasteiger partial charge in [0.05, 0.1) is 18.7 Å². The van der Waals surface area contributed by atoms with Crippen molar-refractivity contribution in [1.82, 2.24) is 10.2 Å². The molecule has 0 saturated heterocycles. The molecule has 1 aliphatic heterocycles. The molecule has 31 heavy (non-hydrogen) atoms. The number of nitrogens with one attached hydrogen (secondary N) is 3. The van der Waals surface area contributed by atoms with Gasteiger partial charge < -0.3 is 25.6 Å². The predicted molar refractivity (Wildman–Crippen MR) is 126 cm³/mol. The number of carbonyl (C=O) groups excluding carboxylic acids is 2. The third kappa shape index (κ3) is 4.86. The van der Waals surface area contributed by atoms with Gasteiger partial charge in [0, 0.05) is 24.1 Å². The highest BCUT2D eigenvalue weighted by Crippen LogP contribution is 2.31. The van der Waals surface area contributed by atoms with E-state index in [0.29, 0.717) is 16.4 Å². The number of anilines is 2. The SMILES string of the molecule is CCc1ccccc1NC(=O)Nc1ccc([C@H]2NC(=S)N(C)C(C)=C2C(=O)OC)cc1. The molecule has 0 saturated carbocycles. The lowest BCUT2D eigenvalue weighted by Gasteiger charge is -2.35. The second-order valence-corrected chi connectivity index (χ2v) is 7.53. The lowest BCUT2D eigenvalue weighted by Crippen LogP contribution is -2.46. The molecule has 0 aliphatic carbocycles. The number of allylic oxidation sites excluding steroid dienone is 1. The van der Waals surface area contributed by atoms with Crippen LogP contribution in [-0.2, 0) is 16.0 Å². The van der Waals surface area contributed by atoms with Gasteiger partial charge in [0.15, 0.2) is 5.11 Å². The Bertz CT molecular complexity index is 1030.